The number of rotatable bonds is 4. The summed E-state index contributed by atoms with van der Waals surface area (Å²) in [6.45, 7) is 2.62. The summed E-state index contributed by atoms with van der Waals surface area (Å²) in [4.78, 5) is 26.4. The molecule has 1 aromatic rings. The zero-order valence-electron chi connectivity index (χ0n) is 13.7. The Morgan fingerprint density at radius 2 is 1.96 bits per heavy atom. The monoisotopic (exact) mass is 389 g/mol. The van der Waals surface area contributed by atoms with Gasteiger partial charge in [0, 0.05) is 38.9 Å². The second-order valence-corrected chi connectivity index (χ2v) is 7.46. The van der Waals surface area contributed by atoms with Crippen molar-refractivity contribution < 1.29 is 22.7 Å². The highest BCUT2D eigenvalue weighted by atomic mass is 35.5. The first-order chi connectivity index (χ1) is 11.5. The van der Waals surface area contributed by atoms with Crippen molar-refractivity contribution in [2.45, 2.75) is 4.90 Å². The summed E-state index contributed by atoms with van der Waals surface area (Å²) in [5, 5.41) is 3.15. The van der Waals surface area contributed by atoms with Crippen LogP contribution < -0.4 is 5.32 Å². The molecule has 2 heterocycles. The molecule has 1 fully saturated rings. The lowest BCUT2D eigenvalue weighted by Crippen LogP contribution is -2.46. The van der Waals surface area contributed by atoms with Crippen LogP contribution in [0, 0.1) is 0 Å². The Labute approximate surface area is 152 Å². The number of sulfonamides is 1. The Balaban J connectivity index is 0.00000225. The Hall–Kier alpha value is -1.68. The van der Waals surface area contributed by atoms with Crippen molar-refractivity contribution in [2.75, 3.05) is 46.4 Å². The van der Waals surface area contributed by atoms with Gasteiger partial charge in [-0.1, -0.05) is 0 Å². The first-order valence-electron chi connectivity index (χ1n) is 7.67. The van der Waals surface area contributed by atoms with Gasteiger partial charge in [-0.05, 0) is 18.2 Å². The topological polar surface area (TPSA) is 96.0 Å². The SMILES string of the molecule is COCCN1C(=O)c2ccc(C(=O)N3CCNCC3)cc2S1(=O)=O.Cl. The maximum atomic E-state index is 12.6. The molecular formula is C15H20ClN3O5S. The number of nitrogens with zero attached hydrogens (tertiary/aromatic N) is 2. The molecule has 0 saturated carbocycles. The van der Waals surface area contributed by atoms with E-state index in [0.717, 1.165) is 4.31 Å². The molecule has 2 aliphatic heterocycles. The number of amides is 2. The third kappa shape index (κ3) is 3.50. The van der Waals surface area contributed by atoms with E-state index in [-0.39, 0.29) is 47.5 Å². The molecule has 1 aromatic carbocycles. The van der Waals surface area contributed by atoms with Gasteiger partial charge in [0.05, 0.1) is 18.7 Å². The Bertz CT molecular complexity index is 777. The van der Waals surface area contributed by atoms with Gasteiger partial charge in [-0.3, -0.25) is 9.59 Å². The predicted octanol–water partition coefficient (Wildman–Crippen LogP) is -0.0553. The van der Waals surface area contributed by atoms with E-state index in [0.29, 0.717) is 26.2 Å². The normalized spacial score (nSPS) is 18.7. The first kappa shape index (κ1) is 19.6. The Morgan fingerprint density at radius 1 is 1.28 bits per heavy atom. The molecule has 0 aromatic heterocycles. The lowest BCUT2D eigenvalue weighted by atomic mass is 10.1. The molecule has 2 aliphatic rings. The van der Waals surface area contributed by atoms with Gasteiger partial charge in [0.15, 0.2) is 0 Å². The van der Waals surface area contributed by atoms with E-state index in [1.54, 1.807) is 4.90 Å². The van der Waals surface area contributed by atoms with Crippen LogP contribution in [0.1, 0.15) is 20.7 Å². The summed E-state index contributed by atoms with van der Waals surface area (Å²) in [5.41, 5.74) is 0.378. The molecule has 0 atom stereocenters. The number of carbonyl (C=O) groups is 2. The number of ether oxygens (including phenoxy) is 1. The molecular weight excluding hydrogens is 370 g/mol. The molecule has 0 spiro atoms. The molecule has 138 valence electrons. The molecule has 0 unspecified atom stereocenters. The predicted molar refractivity (Wildman–Crippen MR) is 92.6 cm³/mol. The Kier molecular flexibility index (Phi) is 6.04. The number of piperazine rings is 1. The highest BCUT2D eigenvalue weighted by Gasteiger charge is 2.41. The van der Waals surface area contributed by atoms with E-state index >= 15 is 0 Å². The van der Waals surface area contributed by atoms with Crippen LogP contribution in [0.25, 0.3) is 0 Å². The molecule has 0 radical (unpaired) electrons. The second kappa shape index (κ2) is 7.69. The average molecular weight is 390 g/mol. The number of halogens is 1. The van der Waals surface area contributed by atoms with Crippen molar-refractivity contribution in [1.82, 2.24) is 14.5 Å². The fourth-order valence-electron chi connectivity index (χ4n) is 2.85. The van der Waals surface area contributed by atoms with Gasteiger partial charge in [-0.15, -0.1) is 12.4 Å². The standard InChI is InChI=1S/C15H19N3O5S.ClH/c1-23-9-8-18-15(20)12-3-2-11(10-13(12)24(18,21)22)14(19)17-6-4-16-5-7-17;/h2-3,10,16H,4-9H2,1H3;1H. The summed E-state index contributed by atoms with van der Waals surface area (Å²) >= 11 is 0. The first-order valence-corrected chi connectivity index (χ1v) is 9.11. The van der Waals surface area contributed by atoms with Gasteiger partial charge in [0.25, 0.3) is 21.8 Å². The van der Waals surface area contributed by atoms with Crippen molar-refractivity contribution in [3.63, 3.8) is 0 Å². The highest BCUT2D eigenvalue weighted by Crippen LogP contribution is 2.31. The van der Waals surface area contributed by atoms with Crippen LogP contribution >= 0.6 is 12.4 Å². The third-order valence-electron chi connectivity index (χ3n) is 4.16. The number of carbonyl (C=O) groups excluding carboxylic acids is 2. The number of hydrogen-bond donors (Lipinski definition) is 1. The number of hydrogen-bond acceptors (Lipinski definition) is 6. The maximum Gasteiger partial charge on any atom is 0.269 e. The fourth-order valence-corrected chi connectivity index (χ4v) is 4.43. The van der Waals surface area contributed by atoms with E-state index in [1.165, 1.54) is 25.3 Å². The lowest BCUT2D eigenvalue weighted by Gasteiger charge is -2.27. The van der Waals surface area contributed by atoms with Crippen LogP contribution in [0.3, 0.4) is 0 Å². The van der Waals surface area contributed by atoms with E-state index < -0.39 is 15.9 Å². The molecule has 2 amide bonds. The fraction of sp³-hybridized carbons (Fsp3) is 0.467. The smallest absolute Gasteiger partial charge is 0.269 e. The van der Waals surface area contributed by atoms with Crippen LogP contribution in [0.5, 0.6) is 0 Å². The summed E-state index contributed by atoms with van der Waals surface area (Å²) in [6, 6.07) is 4.23. The zero-order chi connectivity index (χ0) is 17.3. The quantitative estimate of drug-likeness (QED) is 0.775. The van der Waals surface area contributed by atoms with Gasteiger partial charge in [-0.2, -0.15) is 0 Å². The van der Waals surface area contributed by atoms with E-state index in [4.69, 9.17) is 4.74 Å². The highest BCUT2D eigenvalue weighted by molar-refractivity contribution is 7.90. The summed E-state index contributed by atoms with van der Waals surface area (Å²) in [5.74, 6) is -0.805. The van der Waals surface area contributed by atoms with Crippen LogP contribution in [0.2, 0.25) is 0 Å². The second-order valence-electron chi connectivity index (χ2n) is 5.63. The molecule has 25 heavy (non-hydrogen) atoms. The average Bonchev–Trinajstić information content (AvgIpc) is 2.79. The molecule has 1 N–H and O–H groups in total. The van der Waals surface area contributed by atoms with Crippen molar-refractivity contribution in [3.8, 4) is 0 Å². The van der Waals surface area contributed by atoms with Gasteiger partial charge < -0.3 is 15.0 Å². The molecule has 0 aliphatic carbocycles. The summed E-state index contributed by atoms with van der Waals surface area (Å²) < 4.78 is 30.8. The number of benzene rings is 1. The molecule has 1 saturated heterocycles. The van der Waals surface area contributed by atoms with Crippen molar-refractivity contribution in [2.24, 2.45) is 0 Å². The number of methoxy groups -OCH3 is 1. The largest absolute Gasteiger partial charge is 0.383 e. The molecule has 8 nitrogen and oxygen atoms in total. The zero-order valence-corrected chi connectivity index (χ0v) is 15.4. The number of nitrogens with one attached hydrogen (secondary N) is 1. The van der Waals surface area contributed by atoms with Crippen LogP contribution in [-0.2, 0) is 14.8 Å². The van der Waals surface area contributed by atoms with Crippen LogP contribution in [0.15, 0.2) is 23.1 Å². The molecule has 0 bridgehead atoms. The lowest BCUT2D eigenvalue weighted by molar-refractivity contribution is 0.0734. The van der Waals surface area contributed by atoms with Crippen LogP contribution in [0.4, 0.5) is 0 Å². The van der Waals surface area contributed by atoms with Crippen LogP contribution in [-0.4, -0.2) is 75.9 Å². The van der Waals surface area contributed by atoms with Crippen molar-refractivity contribution in [1.29, 1.82) is 0 Å². The number of fused-ring (bicyclic) bond motifs is 1. The maximum absolute atomic E-state index is 12.6. The van der Waals surface area contributed by atoms with Gasteiger partial charge >= 0.3 is 0 Å². The van der Waals surface area contributed by atoms with E-state index in [2.05, 4.69) is 5.32 Å². The van der Waals surface area contributed by atoms with E-state index in [1.807, 2.05) is 0 Å². The van der Waals surface area contributed by atoms with Gasteiger partial charge in [0.2, 0.25) is 0 Å². The van der Waals surface area contributed by atoms with Crippen molar-refractivity contribution in [3.05, 3.63) is 29.3 Å². The summed E-state index contributed by atoms with van der Waals surface area (Å²) in [7, 11) is -2.50. The van der Waals surface area contributed by atoms with Gasteiger partial charge in [-0.25, -0.2) is 12.7 Å². The van der Waals surface area contributed by atoms with Gasteiger partial charge in [0.1, 0.15) is 4.90 Å². The molecule has 10 heteroatoms. The minimum Gasteiger partial charge on any atom is -0.383 e. The third-order valence-corrected chi connectivity index (χ3v) is 5.98. The minimum atomic E-state index is -3.93. The molecule has 3 rings (SSSR count). The van der Waals surface area contributed by atoms with Crippen molar-refractivity contribution >= 4 is 34.2 Å². The summed E-state index contributed by atoms with van der Waals surface area (Å²) in [6.07, 6.45) is 0. The van der Waals surface area contributed by atoms with E-state index in [9.17, 15) is 18.0 Å². The minimum absolute atomic E-state index is 0. The Morgan fingerprint density at radius 3 is 2.60 bits per heavy atom.